The van der Waals surface area contributed by atoms with Crippen LogP contribution in [0.3, 0.4) is 0 Å². The van der Waals surface area contributed by atoms with Crippen LogP contribution in [0.2, 0.25) is 0 Å². The molecule has 2 nitrogen and oxygen atoms in total. The van der Waals surface area contributed by atoms with Crippen LogP contribution in [0.25, 0.3) is 0 Å². The molecule has 2 heteroatoms. The van der Waals surface area contributed by atoms with Gasteiger partial charge in [-0.2, -0.15) is 5.26 Å². The second-order valence-corrected chi connectivity index (χ2v) is 6.07. The van der Waals surface area contributed by atoms with Crippen LogP contribution in [0.5, 0.6) is 0 Å². The molecule has 4 rings (SSSR count). The molecule has 82 valence electrons. The van der Waals surface area contributed by atoms with Crippen molar-refractivity contribution in [1.29, 1.82) is 5.26 Å². The van der Waals surface area contributed by atoms with Crippen molar-refractivity contribution in [3.05, 3.63) is 0 Å². The quantitative estimate of drug-likeness (QED) is 0.750. The Kier molecular flexibility index (Phi) is 2.25. The lowest BCUT2D eigenvalue weighted by Crippen LogP contribution is -2.46. The number of hydrogen-bond acceptors (Lipinski definition) is 2. The fourth-order valence-corrected chi connectivity index (χ4v) is 4.77. The maximum absolute atomic E-state index is 8.81. The summed E-state index contributed by atoms with van der Waals surface area (Å²) in [6.45, 7) is 0. The summed E-state index contributed by atoms with van der Waals surface area (Å²) < 4.78 is 0. The minimum absolute atomic E-state index is 0.215. The summed E-state index contributed by atoms with van der Waals surface area (Å²) in [5.41, 5.74) is 5.79. The highest BCUT2D eigenvalue weighted by atomic mass is 14.6. The van der Waals surface area contributed by atoms with Crippen LogP contribution in [0.15, 0.2) is 0 Å². The number of hydrogen-bond donors (Lipinski definition) is 1. The second-order valence-electron chi connectivity index (χ2n) is 6.07. The van der Waals surface area contributed by atoms with Crippen molar-refractivity contribution in [2.45, 2.75) is 44.6 Å². The zero-order chi connectivity index (χ0) is 10.4. The lowest BCUT2D eigenvalue weighted by molar-refractivity contribution is -0.0403. The molecule has 1 atom stereocenters. The van der Waals surface area contributed by atoms with Crippen molar-refractivity contribution >= 4 is 0 Å². The Morgan fingerprint density at radius 3 is 2.07 bits per heavy atom. The lowest BCUT2D eigenvalue weighted by Gasteiger charge is -2.54. The van der Waals surface area contributed by atoms with Gasteiger partial charge >= 0.3 is 0 Å². The molecule has 2 N–H and O–H groups in total. The van der Waals surface area contributed by atoms with E-state index in [0.29, 0.717) is 0 Å². The first-order chi connectivity index (χ1) is 7.26. The highest BCUT2D eigenvalue weighted by molar-refractivity contribution is 5.01. The van der Waals surface area contributed by atoms with Crippen LogP contribution in [0.4, 0.5) is 0 Å². The van der Waals surface area contributed by atoms with Gasteiger partial charge in [-0.05, 0) is 68.1 Å². The topological polar surface area (TPSA) is 49.8 Å². The summed E-state index contributed by atoms with van der Waals surface area (Å²) in [5, 5.41) is 8.81. The van der Waals surface area contributed by atoms with E-state index in [0.717, 1.165) is 36.0 Å². The van der Waals surface area contributed by atoms with E-state index in [1.54, 1.807) is 0 Å². The molecule has 0 saturated heterocycles. The molecule has 15 heavy (non-hydrogen) atoms. The fraction of sp³-hybridized carbons (Fsp3) is 0.923. The zero-order valence-electron chi connectivity index (χ0n) is 9.23. The summed E-state index contributed by atoms with van der Waals surface area (Å²) in [6, 6.07) is 1.99. The van der Waals surface area contributed by atoms with E-state index in [9.17, 15) is 0 Å². The van der Waals surface area contributed by atoms with E-state index < -0.39 is 0 Å². The molecule has 1 unspecified atom stereocenters. The van der Waals surface area contributed by atoms with Crippen molar-refractivity contribution in [3.63, 3.8) is 0 Å². The summed E-state index contributed by atoms with van der Waals surface area (Å²) in [4.78, 5) is 0. The van der Waals surface area contributed by atoms with Gasteiger partial charge in [0.05, 0.1) is 12.1 Å². The van der Waals surface area contributed by atoms with Crippen LogP contribution in [-0.4, -0.2) is 6.04 Å². The number of rotatable bonds is 2. The van der Waals surface area contributed by atoms with Gasteiger partial charge in [-0.15, -0.1) is 0 Å². The van der Waals surface area contributed by atoms with Gasteiger partial charge in [0.25, 0.3) is 0 Å². The van der Waals surface area contributed by atoms with Gasteiger partial charge in [0.2, 0.25) is 0 Å². The molecule has 4 bridgehead atoms. The van der Waals surface area contributed by atoms with Crippen molar-refractivity contribution in [1.82, 2.24) is 0 Å². The molecule has 0 aliphatic heterocycles. The molecule has 0 aromatic rings. The van der Waals surface area contributed by atoms with E-state index in [2.05, 4.69) is 6.07 Å². The van der Waals surface area contributed by atoms with Crippen molar-refractivity contribution in [2.24, 2.45) is 35.3 Å². The molecular formula is C13H20N2. The standard InChI is InChI=1S/C13H20N2/c14-7-12(15)6-13-10-2-8-1-9(4-10)5-11(13)3-8/h8-13H,1-6,15H2. The Labute approximate surface area is 91.8 Å². The molecule has 0 aromatic heterocycles. The van der Waals surface area contributed by atoms with E-state index >= 15 is 0 Å². The van der Waals surface area contributed by atoms with E-state index in [1.165, 1.54) is 32.1 Å². The third kappa shape index (κ3) is 1.58. The molecule has 0 amide bonds. The summed E-state index contributed by atoms with van der Waals surface area (Å²) in [7, 11) is 0. The predicted molar refractivity (Wildman–Crippen MR) is 58.7 cm³/mol. The minimum atomic E-state index is -0.215. The van der Waals surface area contributed by atoms with Crippen LogP contribution >= 0.6 is 0 Å². The third-order valence-corrected chi connectivity index (χ3v) is 5.11. The van der Waals surface area contributed by atoms with Crippen molar-refractivity contribution in [2.75, 3.05) is 0 Å². The first kappa shape index (κ1) is 9.66. The molecule has 0 radical (unpaired) electrons. The maximum atomic E-state index is 8.81. The third-order valence-electron chi connectivity index (χ3n) is 5.11. The number of nitrogens with zero attached hydrogens (tertiary/aromatic N) is 1. The van der Waals surface area contributed by atoms with Gasteiger partial charge in [0.1, 0.15) is 0 Å². The Balaban J connectivity index is 1.72. The maximum Gasteiger partial charge on any atom is 0.0930 e. The SMILES string of the molecule is N#CC(N)CC1C2CC3CC(C2)CC1C3. The predicted octanol–water partition coefficient (Wildman–Crippen LogP) is 2.30. The molecule has 4 saturated carbocycles. The molecule has 0 aromatic carbocycles. The van der Waals surface area contributed by atoms with Gasteiger partial charge < -0.3 is 5.73 Å². The van der Waals surface area contributed by atoms with Crippen LogP contribution < -0.4 is 5.73 Å². The van der Waals surface area contributed by atoms with Crippen LogP contribution in [0.1, 0.15) is 38.5 Å². The molecule has 4 fully saturated rings. The number of nitrogens with two attached hydrogens (primary N) is 1. The van der Waals surface area contributed by atoms with Gasteiger partial charge in [0.15, 0.2) is 0 Å². The first-order valence-corrected chi connectivity index (χ1v) is 6.41. The Morgan fingerprint density at radius 2 is 1.60 bits per heavy atom. The van der Waals surface area contributed by atoms with E-state index in [-0.39, 0.29) is 6.04 Å². The monoisotopic (exact) mass is 204 g/mol. The summed E-state index contributed by atoms with van der Waals surface area (Å²) in [5.74, 6) is 4.68. The first-order valence-electron chi connectivity index (χ1n) is 6.41. The van der Waals surface area contributed by atoms with E-state index in [4.69, 9.17) is 11.0 Å². The molecule has 0 spiro atoms. The van der Waals surface area contributed by atoms with Crippen molar-refractivity contribution < 1.29 is 0 Å². The summed E-state index contributed by atoms with van der Waals surface area (Å²) >= 11 is 0. The second kappa shape index (κ2) is 3.49. The van der Waals surface area contributed by atoms with Crippen LogP contribution in [0, 0.1) is 40.9 Å². The Bertz CT molecular complexity index is 263. The molecule has 4 aliphatic rings. The van der Waals surface area contributed by atoms with E-state index in [1.807, 2.05) is 0 Å². The smallest absolute Gasteiger partial charge is 0.0930 e. The fourth-order valence-electron chi connectivity index (χ4n) is 4.77. The zero-order valence-corrected chi connectivity index (χ0v) is 9.23. The summed E-state index contributed by atoms with van der Waals surface area (Å²) in [6.07, 6.45) is 8.23. The largest absolute Gasteiger partial charge is 0.316 e. The Morgan fingerprint density at radius 1 is 1.07 bits per heavy atom. The average molecular weight is 204 g/mol. The van der Waals surface area contributed by atoms with Gasteiger partial charge in [-0.3, -0.25) is 0 Å². The molecule has 4 aliphatic carbocycles. The molecule has 0 heterocycles. The normalized spacial score (nSPS) is 48.9. The highest BCUT2D eigenvalue weighted by Crippen LogP contribution is 2.57. The van der Waals surface area contributed by atoms with Gasteiger partial charge in [-0.25, -0.2) is 0 Å². The molecular weight excluding hydrogens is 184 g/mol. The van der Waals surface area contributed by atoms with Crippen LogP contribution in [-0.2, 0) is 0 Å². The highest BCUT2D eigenvalue weighted by Gasteiger charge is 2.48. The number of nitriles is 1. The van der Waals surface area contributed by atoms with Gasteiger partial charge in [0, 0.05) is 0 Å². The van der Waals surface area contributed by atoms with Gasteiger partial charge in [-0.1, -0.05) is 0 Å². The van der Waals surface area contributed by atoms with Crippen molar-refractivity contribution in [3.8, 4) is 6.07 Å². The Hall–Kier alpha value is -0.550. The lowest BCUT2D eigenvalue weighted by atomic mass is 9.51. The minimum Gasteiger partial charge on any atom is -0.316 e. The average Bonchev–Trinajstić information content (AvgIpc) is 2.22.